The number of carbonyl (C=O) groups excluding carboxylic acids is 2. The standard InChI is InChI=1S/C23H19BrClN3O3S/c1-2-28-22(30)17(21(29)26-23(28)32)11-14-13-27(19-8-7-15(24)12-16(14)19)9-10-31-20-6-4-3-5-18(20)25/h3-8,11-13H,2,9-10H2,1H3,(H,26,29,32)/b17-11+. The lowest BCUT2D eigenvalue weighted by Crippen LogP contribution is -2.53. The fraction of sp³-hybridized carbons (Fsp3) is 0.174. The molecule has 0 spiro atoms. The van der Waals surface area contributed by atoms with Crippen LogP contribution < -0.4 is 10.1 Å². The van der Waals surface area contributed by atoms with E-state index in [1.807, 2.05) is 47.2 Å². The van der Waals surface area contributed by atoms with Crippen LogP contribution in [-0.4, -0.2) is 39.5 Å². The number of halogens is 2. The number of amides is 2. The van der Waals surface area contributed by atoms with Gasteiger partial charge in [0.25, 0.3) is 11.8 Å². The molecular formula is C23H19BrClN3O3S. The number of likely N-dealkylation sites (N-methyl/N-ethyl adjacent to an activating group) is 1. The van der Waals surface area contributed by atoms with Crippen LogP contribution in [0.1, 0.15) is 12.5 Å². The van der Waals surface area contributed by atoms with Crippen LogP contribution in [0, 0.1) is 0 Å². The van der Waals surface area contributed by atoms with E-state index in [0.29, 0.717) is 30.5 Å². The van der Waals surface area contributed by atoms with Crippen molar-refractivity contribution in [2.24, 2.45) is 0 Å². The monoisotopic (exact) mass is 531 g/mol. The number of ether oxygens (including phenoxy) is 1. The third-order valence-corrected chi connectivity index (χ3v) is 6.23. The normalized spacial score (nSPS) is 15.5. The van der Waals surface area contributed by atoms with Crippen LogP contribution >= 0.6 is 39.7 Å². The molecule has 1 aliphatic heterocycles. The Bertz CT molecular complexity index is 1270. The summed E-state index contributed by atoms with van der Waals surface area (Å²) >= 11 is 14.8. The van der Waals surface area contributed by atoms with Crippen molar-refractivity contribution in [3.63, 3.8) is 0 Å². The lowest BCUT2D eigenvalue weighted by atomic mass is 10.1. The number of nitrogens with one attached hydrogen (secondary N) is 1. The van der Waals surface area contributed by atoms with Crippen molar-refractivity contribution in [1.82, 2.24) is 14.8 Å². The van der Waals surface area contributed by atoms with E-state index in [9.17, 15) is 9.59 Å². The van der Waals surface area contributed by atoms with Gasteiger partial charge in [0.15, 0.2) is 5.11 Å². The van der Waals surface area contributed by atoms with Crippen LogP contribution in [0.25, 0.3) is 17.0 Å². The Morgan fingerprint density at radius 2 is 2.00 bits per heavy atom. The minimum Gasteiger partial charge on any atom is -0.490 e. The molecule has 2 amide bonds. The van der Waals surface area contributed by atoms with Crippen LogP contribution in [-0.2, 0) is 16.1 Å². The first-order valence-electron chi connectivity index (χ1n) is 9.93. The Morgan fingerprint density at radius 1 is 1.22 bits per heavy atom. The number of thiocarbonyl (C=S) groups is 1. The highest BCUT2D eigenvalue weighted by Gasteiger charge is 2.32. The van der Waals surface area contributed by atoms with Crippen LogP contribution in [0.3, 0.4) is 0 Å². The average Bonchev–Trinajstić information content (AvgIpc) is 3.09. The third kappa shape index (κ3) is 4.44. The number of hydrogen-bond donors (Lipinski definition) is 1. The molecule has 0 unspecified atom stereocenters. The van der Waals surface area contributed by atoms with Gasteiger partial charge in [0.05, 0.1) is 11.6 Å². The highest BCUT2D eigenvalue weighted by molar-refractivity contribution is 9.10. The second-order valence-corrected chi connectivity index (χ2v) is 8.79. The van der Waals surface area contributed by atoms with Gasteiger partial charge < -0.3 is 9.30 Å². The zero-order valence-corrected chi connectivity index (χ0v) is 20.3. The summed E-state index contributed by atoms with van der Waals surface area (Å²) in [5.41, 5.74) is 1.75. The molecule has 2 aromatic carbocycles. The van der Waals surface area contributed by atoms with E-state index in [1.165, 1.54) is 4.90 Å². The van der Waals surface area contributed by atoms with Gasteiger partial charge >= 0.3 is 0 Å². The van der Waals surface area contributed by atoms with Gasteiger partial charge in [-0.25, -0.2) is 0 Å². The first kappa shape index (κ1) is 22.5. The second-order valence-electron chi connectivity index (χ2n) is 7.08. The molecule has 6 nitrogen and oxygen atoms in total. The summed E-state index contributed by atoms with van der Waals surface area (Å²) in [5.74, 6) is -0.280. The maximum Gasteiger partial charge on any atom is 0.265 e. The lowest BCUT2D eigenvalue weighted by molar-refractivity contribution is -0.128. The molecule has 0 atom stereocenters. The molecule has 164 valence electrons. The van der Waals surface area contributed by atoms with Crippen molar-refractivity contribution in [3.8, 4) is 5.75 Å². The molecule has 3 aromatic rings. The summed E-state index contributed by atoms with van der Waals surface area (Å²) in [4.78, 5) is 26.7. The van der Waals surface area contributed by atoms with E-state index in [2.05, 4.69) is 21.2 Å². The van der Waals surface area contributed by atoms with Gasteiger partial charge in [-0.05, 0) is 55.5 Å². The predicted octanol–water partition coefficient (Wildman–Crippen LogP) is 4.78. The van der Waals surface area contributed by atoms with E-state index >= 15 is 0 Å². The summed E-state index contributed by atoms with van der Waals surface area (Å²) in [7, 11) is 0. The molecule has 0 aliphatic carbocycles. The summed E-state index contributed by atoms with van der Waals surface area (Å²) < 4.78 is 8.75. The Kier molecular flexibility index (Phi) is 6.64. The van der Waals surface area contributed by atoms with Gasteiger partial charge in [0.1, 0.15) is 17.9 Å². The zero-order valence-electron chi connectivity index (χ0n) is 17.1. The largest absolute Gasteiger partial charge is 0.490 e. The van der Waals surface area contributed by atoms with Gasteiger partial charge in [-0.15, -0.1) is 0 Å². The second kappa shape index (κ2) is 9.44. The number of hydrogen-bond acceptors (Lipinski definition) is 4. The number of para-hydroxylation sites is 1. The summed E-state index contributed by atoms with van der Waals surface area (Å²) in [6, 6.07) is 13.2. The maximum absolute atomic E-state index is 12.8. The molecule has 0 bridgehead atoms. The lowest BCUT2D eigenvalue weighted by Gasteiger charge is -2.27. The minimum absolute atomic E-state index is 0.0480. The van der Waals surface area contributed by atoms with Crippen LogP contribution in [0.15, 0.2) is 58.7 Å². The van der Waals surface area contributed by atoms with E-state index < -0.39 is 11.8 Å². The number of rotatable bonds is 6. The summed E-state index contributed by atoms with van der Waals surface area (Å²) in [5, 5.41) is 4.17. The number of aromatic nitrogens is 1. The smallest absolute Gasteiger partial charge is 0.265 e. The van der Waals surface area contributed by atoms with Crippen molar-refractivity contribution >= 4 is 73.7 Å². The molecule has 4 rings (SSSR count). The van der Waals surface area contributed by atoms with Crippen molar-refractivity contribution in [2.45, 2.75) is 13.5 Å². The minimum atomic E-state index is -0.498. The van der Waals surface area contributed by atoms with Crippen LogP contribution in [0.5, 0.6) is 5.75 Å². The first-order valence-corrected chi connectivity index (χ1v) is 11.5. The SMILES string of the molecule is CCN1C(=O)/C(=C/c2cn(CCOc3ccccc3Cl)c3ccc(Br)cc23)C(=O)NC1=S. The highest BCUT2D eigenvalue weighted by Crippen LogP contribution is 2.28. The van der Waals surface area contributed by atoms with Crippen molar-refractivity contribution in [3.05, 3.63) is 69.3 Å². The molecule has 1 aliphatic rings. The van der Waals surface area contributed by atoms with Crippen LogP contribution in [0.4, 0.5) is 0 Å². The van der Waals surface area contributed by atoms with Crippen molar-refractivity contribution in [2.75, 3.05) is 13.2 Å². The fourth-order valence-electron chi connectivity index (χ4n) is 3.55. The Hall–Kier alpha value is -2.68. The number of benzene rings is 2. The molecular weight excluding hydrogens is 514 g/mol. The Balaban J connectivity index is 1.66. The van der Waals surface area contributed by atoms with Gasteiger partial charge in [-0.3, -0.25) is 19.8 Å². The number of nitrogens with zero attached hydrogens (tertiary/aromatic N) is 2. The van der Waals surface area contributed by atoms with E-state index in [0.717, 1.165) is 20.9 Å². The zero-order chi connectivity index (χ0) is 22.8. The molecule has 2 heterocycles. The Morgan fingerprint density at radius 3 is 2.75 bits per heavy atom. The highest BCUT2D eigenvalue weighted by atomic mass is 79.9. The van der Waals surface area contributed by atoms with Gasteiger partial charge in [0, 0.05) is 33.7 Å². The number of fused-ring (bicyclic) bond motifs is 1. The first-order chi connectivity index (χ1) is 15.4. The Labute approximate surface area is 203 Å². The van der Waals surface area contributed by atoms with Crippen molar-refractivity contribution < 1.29 is 14.3 Å². The molecule has 0 radical (unpaired) electrons. The number of carbonyl (C=O) groups is 2. The molecule has 1 fully saturated rings. The van der Waals surface area contributed by atoms with E-state index in [1.54, 1.807) is 19.1 Å². The molecule has 1 aromatic heterocycles. The summed E-state index contributed by atoms with van der Waals surface area (Å²) in [6.45, 7) is 3.14. The maximum atomic E-state index is 12.8. The summed E-state index contributed by atoms with van der Waals surface area (Å²) in [6.07, 6.45) is 3.52. The molecule has 1 saturated heterocycles. The van der Waals surface area contributed by atoms with Gasteiger partial charge in [0.2, 0.25) is 0 Å². The molecule has 32 heavy (non-hydrogen) atoms. The quantitative estimate of drug-likeness (QED) is 0.282. The molecule has 1 N–H and O–H groups in total. The molecule has 0 saturated carbocycles. The predicted molar refractivity (Wildman–Crippen MR) is 133 cm³/mol. The topological polar surface area (TPSA) is 63.6 Å². The average molecular weight is 533 g/mol. The van der Waals surface area contributed by atoms with Gasteiger partial charge in [-0.1, -0.05) is 39.7 Å². The molecule has 9 heteroatoms. The third-order valence-electron chi connectivity index (χ3n) is 5.10. The van der Waals surface area contributed by atoms with Crippen LogP contribution in [0.2, 0.25) is 5.02 Å². The van der Waals surface area contributed by atoms with Gasteiger partial charge in [-0.2, -0.15) is 0 Å². The van der Waals surface area contributed by atoms with E-state index in [-0.39, 0.29) is 10.7 Å². The van der Waals surface area contributed by atoms with Crippen molar-refractivity contribution in [1.29, 1.82) is 0 Å². The fourth-order valence-corrected chi connectivity index (χ4v) is 4.41. The van der Waals surface area contributed by atoms with E-state index in [4.69, 9.17) is 28.6 Å².